The van der Waals surface area contributed by atoms with Gasteiger partial charge in [-0.2, -0.15) is 5.10 Å². The topological polar surface area (TPSA) is 75.0 Å². The first kappa shape index (κ1) is 18.7. The molecule has 4 heterocycles. The van der Waals surface area contributed by atoms with Crippen molar-refractivity contribution in [2.75, 3.05) is 20.3 Å². The highest BCUT2D eigenvalue weighted by Gasteiger charge is 2.18. The predicted molar refractivity (Wildman–Crippen MR) is 114 cm³/mol. The van der Waals surface area contributed by atoms with Crippen LogP contribution in [0.2, 0.25) is 0 Å². The van der Waals surface area contributed by atoms with E-state index in [0.717, 1.165) is 65.2 Å². The summed E-state index contributed by atoms with van der Waals surface area (Å²) in [7, 11) is 1.59. The normalized spacial score (nSPS) is 16.3. The first-order valence-corrected chi connectivity index (χ1v) is 10.1. The van der Waals surface area contributed by atoms with E-state index in [1.807, 2.05) is 42.1 Å². The van der Waals surface area contributed by atoms with Gasteiger partial charge in [-0.15, -0.1) is 10.2 Å². The fraction of sp³-hybridized carbons (Fsp3) is 0.304. The van der Waals surface area contributed by atoms with E-state index < -0.39 is 0 Å². The van der Waals surface area contributed by atoms with Crippen LogP contribution in [0.3, 0.4) is 0 Å². The Labute approximate surface area is 174 Å². The van der Waals surface area contributed by atoms with Crippen molar-refractivity contribution in [3.63, 3.8) is 0 Å². The summed E-state index contributed by atoms with van der Waals surface area (Å²) in [6, 6.07) is 12.1. The van der Waals surface area contributed by atoms with E-state index in [4.69, 9.17) is 14.5 Å². The number of aromatic nitrogens is 5. The molecule has 4 aromatic rings. The molecule has 1 aromatic carbocycles. The van der Waals surface area contributed by atoms with Gasteiger partial charge in [-0.1, -0.05) is 18.2 Å². The fourth-order valence-electron chi connectivity index (χ4n) is 3.87. The molecule has 1 saturated heterocycles. The number of fused-ring (bicyclic) bond motifs is 1. The first-order chi connectivity index (χ1) is 14.7. The Morgan fingerprint density at radius 2 is 2.07 bits per heavy atom. The van der Waals surface area contributed by atoms with Crippen LogP contribution in [0.5, 0.6) is 5.88 Å². The van der Waals surface area contributed by atoms with Crippen LogP contribution in [-0.4, -0.2) is 45.3 Å². The van der Waals surface area contributed by atoms with E-state index in [9.17, 15) is 0 Å². The molecule has 0 bridgehead atoms. The van der Waals surface area contributed by atoms with Crippen molar-refractivity contribution in [2.45, 2.75) is 19.9 Å². The Morgan fingerprint density at radius 1 is 1.13 bits per heavy atom. The van der Waals surface area contributed by atoms with Crippen LogP contribution in [0.25, 0.3) is 33.3 Å². The maximum Gasteiger partial charge on any atom is 0.233 e. The minimum absolute atomic E-state index is 0.504. The molecule has 152 valence electrons. The van der Waals surface area contributed by atoms with E-state index in [2.05, 4.69) is 33.6 Å². The minimum atomic E-state index is 0.504. The Bertz CT molecular complexity index is 1200. The minimum Gasteiger partial charge on any atom is -0.480 e. The number of nitrogens with zero attached hydrogens (tertiary/aromatic N) is 5. The summed E-state index contributed by atoms with van der Waals surface area (Å²) in [6.45, 7) is 4.54. The SMILES string of the molecule is COc1cc2ccc(-c3nc(C)ccc3-c3cnn(CC4CCOC4)c3)cc2nn1. The number of pyridine rings is 1. The van der Waals surface area contributed by atoms with Crippen LogP contribution in [0.15, 0.2) is 48.8 Å². The molecule has 0 spiro atoms. The van der Waals surface area contributed by atoms with Crippen LogP contribution >= 0.6 is 0 Å². The Kier molecular flexibility index (Phi) is 4.88. The van der Waals surface area contributed by atoms with Crippen molar-refractivity contribution in [3.05, 3.63) is 54.5 Å². The molecule has 0 aliphatic carbocycles. The highest BCUT2D eigenvalue weighted by molar-refractivity contribution is 5.88. The van der Waals surface area contributed by atoms with Gasteiger partial charge in [0.25, 0.3) is 0 Å². The molecule has 1 aliphatic rings. The monoisotopic (exact) mass is 401 g/mol. The fourth-order valence-corrected chi connectivity index (χ4v) is 3.87. The molecule has 1 atom stereocenters. The van der Waals surface area contributed by atoms with Crippen molar-refractivity contribution < 1.29 is 9.47 Å². The number of aryl methyl sites for hydroxylation is 1. The lowest BCUT2D eigenvalue weighted by atomic mass is 10.00. The smallest absolute Gasteiger partial charge is 0.233 e. The molecule has 1 unspecified atom stereocenters. The molecule has 7 nitrogen and oxygen atoms in total. The van der Waals surface area contributed by atoms with Gasteiger partial charge in [0.05, 0.1) is 31.1 Å². The van der Waals surface area contributed by atoms with E-state index >= 15 is 0 Å². The van der Waals surface area contributed by atoms with Crippen LogP contribution < -0.4 is 4.74 Å². The highest BCUT2D eigenvalue weighted by Crippen LogP contribution is 2.32. The molecule has 3 aromatic heterocycles. The molecule has 1 fully saturated rings. The van der Waals surface area contributed by atoms with Crippen LogP contribution in [0, 0.1) is 12.8 Å². The first-order valence-electron chi connectivity index (χ1n) is 10.1. The van der Waals surface area contributed by atoms with Crippen molar-refractivity contribution in [2.24, 2.45) is 5.92 Å². The number of ether oxygens (including phenoxy) is 2. The Morgan fingerprint density at radius 3 is 2.90 bits per heavy atom. The molecule has 0 radical (unpaired) electrons. The third-order valence-corrected chi connectivity index (χ3v) is 5.50. The highest BCUT2D eigenvalue weighted by atomic mass is 16.5. The van der Waals surface area contributed by atoms with Gasteiger partial charge in [0, 0.05) is 59.1 Å². The standard InChI is InChI=1S/C23H23N5O2/c1-15-3-6-20(19-11-24-28(13-19)12-16-7-8-30-14-16)23(25-15)18-5-4-17-10-22(29-2)27-26-21(17)9-18/h3-6,9-11,13,16H,7-8,12,14H2,1-2H3. The summed E-state index contributed by atoms with van der Waals surface area (Å²) < 4.78 is 12.7. The zero-order chi connectivity index (χ0) is 20.5. The van der Waals surface area contributed by atoms with Gasteiger partial charge < -0.3 is 9.47 Å². The van der Waals surface area contributed by atoms with Gasteiger partial charge in [0.1, 0.15) is 0 Å². The summed E-state index contributed by atoms with van der Waals surface area (Å²) in [4.78, 5) is 4.84. The summed E-state index contributed by atoms with van der Waals surface area (Å²) >= 11 is 0. The van der Waals surface area contributed by atoms with Crippen LogP contribution in [0.4, 0.5) is 0 Å². The van der Waals surface area contributed by atoms with Gasteiger partial charge in [0.15, 0.2) is 0 Å². The summed E-state index contributed by atoms with van der Waals surface area (Å²) in [5.41, 5.74) is 5.79. The molecular formula is C23H23N5O2. The average Bonchev–Trinajstić information content (AvgIpc) is 3.45. The lowest BCUT2D eigenvalue weighted by Crippen LogP contribution is -2.10. The largest absolute Gasteiger partial charge is 0.480 e. The molecule has 7 heteroatoms. The van der Waals surface area contributed by atoms with Crippen molar-refractivity contribution in [3.8, 4) is 28.3 Å². The molecule has 5 rings (SSSR count). The van der Waals surface area contributed by atoms with E-state index in [-0.39, 0.29) is 0 Å². The third kappa shape index (κ3) is 3.64. The summed E-state index contributed by atoms with van der Waals surface area (Å²) in [5.74, 6) is 1.04. The average molecular weight is 401 g/mol. The van der Waals surface area contributed by atoms with Crippen molar-refractivity contribution >= 4 is 10.9 Å². The predicted octanol–water partition coefficient (Wildman–Crippen LogP) is 3.91. The maximum absolute atomic E-state index is 5.49. The Hall–Kier alpha value is -3.32. The second-order valence-electron chi connectivity index (χ2n) is 7.69. The van der Waals surface area contributed by atoms with Gasteiger partial charge in [-0.05, 0) is 25.5 Å². The molecule has 30 heavy (non-hydrogen) atoms. The lowest BCUT2D eigenvalue weighted by molar-refractivity contribution is 0.181. The number of hydrogen-bond donors (Lipinski definition) is 0. The van der Waals surface area contributed by atoms with Crippen LogP contribution in [-0.2, 0) is 11.3 Å². The van der Waals surface area contributed by atoms with Gasteiger partial charge >= 0.3 is 0 Å². The van der Waals surface area contributed by atoms with Gasteiger partial charge in [-0.25, -0.2) is 0 Å². The molecule has 0 N–H and O–H groups in total. The van der Waals surface area contributed by atoms with Gasteiger partial charge in [0.2, 0.25) is 5.88 Å². The quantitative estimate of drug-likeness (QED) is 0.505. The lowest BCUT2D eigenvalue weighted by Gasteiger charge is -2.10. The van der Waals surface area contributed by atoms with E-state index in [1.54, 1.807) is 7.11 Å². The van der Waals surface area contributed by atoms with Crippen molar-refractivity contribution in [1.82, 2.24) is 25.0 Å². The third-order valence-electron chi connectivity index (χ3n) is 5.50. The molecule has 0 saturated carbocycles. The molecular weight excluding hydrogens is 378 g/mol. The maximum atomic E-state index is 5.49. The number of benzene rings is 1. The molecule has 1 aliphatic heterocycles. The Balaban J connectivity index is 1.52. The van der Waals surface area contributed by atoms with Crippen LogP contribution in [0.1, 0.15) is 12.1 Å². The number of rotatable bonds is 5. The number of hydrogen-bond acceptors (Lipinski definition) is 6. The zero-order valence-corrected chi connectivity index (χ0v) is 17.1. The van der Waals surface area contributed by atoms with E-state index in [0.29, 0.717) is 11.8 Å². The molecule has 0 amide bonds. The second kappa shape index (κ2) is 7.84. The summed E-state index contributed by atoms with van der Waals surface area (Å²) in [5, 5.41) is 13.9. The second-order valence-corrected chi connectivity index (χ2v) is 7.69. The van der Waals surface area contributed by atoms with Crippen molar-refractivity contribution in [1.29, 1.82) is 0 Å². The van der Waals surface area contributed by atoms with Gasteiger partial charge in [-0.3, -0.25) is 9.67 Å². The zero-order valence-electron chi connectivity index (χ0n) is 17.1. The number of methoxy groups -OCH3 is 1. The summed E-state index contributed by atoms with van der Waals surface area (Å²) in [6.07, 6.45) is 5.10. The van der Waals surface area contributed by atoms with E-state index in [1.165, 1.54) is 0 Å².